The van der Waals surface area contributed by atoms with E-state index >= 15 is 0 Å². The first-order valence-corrected chi connectivity index (χ1v) is 8.46. The quantitative estimate of drug-likeness (QED) is 0.614. The first kappa shape index (κ1) is 16.4. The van der Waals surface area contributed by atoms with E-state index in [0.717, 1.165) is 22.9 Å². The summed E-state index contributed by atoms with van der Waals surface area (Å²) in [6, 6.07) is 7.82. The number of Topliss-reactive ketones (excluding diaryl/α,β-unsaturated/α-hetero) is 1. The van der Waals surface area contributed by atoms with Crippen LogP contribution in [0.3, 0.4) is 0 Å². The SMILES string of the molecule is Cc1ccc(C(=O)C(=[Se])N2C(C)(C)CCCC2(C)C)cc1. The van der Waals surface area contributed by atoms with Gasteiger partial charge in [0, 0.05) is 0 Å². The first-order chi connectivity index (χ1) is 9.65. The molecule has 1 fully saturated rings. The molecule has 3 heteroatoms. The van der Waals surface area contributed by atoms with E-state index in [1.54, 1.807) is 0 Å². The van der Waals surface area contributed by atoms with Gasteiger partial charge < -0.3 is 0 Å². The topological polar surface area (TPSA) is 20.3 Å². The molecule has 0 amide bonds. The van der Waals surface area contributed by atoms with Gasteiger partial charge in [0.1, 0.15) is 0 Å². The average molecular weight is 350 g/mol. The summed E-state index contributed by atoms with van der Waals surface area (Å²) in [7, 11) is 0. The Morgan fingerprint density at radius 3 is 2.00 bits per heavy atom. The maximum absolute atomic E-state index is 12.8. The summed E-state index contributed by atoms with van der Waals surface area (Å²) in [5.41, 5.74) is 1.93. The van der Waals surface area contributed by atoms with Crippen molar-refractivity contribution in [2.45, 2.75) is 65.0 Å². The molecule has 0 radical (unpaired) electrons. The number of aryl methyl sites for hydroxylation is 1. The number of hydrogen-bond donors (Lipinski definition) is 0. The van der Waals surface area contributed by atoms with E-state index in [2.05, 4.69) is 48.2 Å². The van der Waals surface area contributed by atoms with E-state index < -0.39 is 0 Å². The van der Waals surface area contributed by atoms with Crippen LogP contribution in [0.25, 0.3) is 0 Å². The van der Waals surface area contributed by atoms with Crippen LogP contribution < -0.4 is 0 Å². The van der Waals surface area contributed by atoms with E-state index in [1.165, 1.54) is 12.0 Å². The number of rotatable bonds is 3. The fraction of sp³-hybridized carbons (Fsp3) is 0.556. The molecule has 1 saturated heterocycles. The van der Waals surface area contributed by atoms with Gasteiger partial charge in [-0.05, 0) is 0 Å². The zero-order chi connectivity index (χ0) is 15.8. The van der Waals surface area contributed by atoms with Crippen LogP contribution in [0.15, 0.2) is 24.3 Å². The van der Waals surface area contributed by atoms with E-state index in [1.807, 2.05) is 31.2 Å². The van der Waals surface area contributed by atoms with Gasteiger partial charge in [0.05, 0.1) is 0 Å². The Hall–Kier alpha value is -0.921. The standard InChI is InChI=1S/C18H25NOSe/c1-13-7-9-14(10-8-13)15(20)16(21)19-17(2,3)11-6-12-18(19,4)5/h7-10H,6,11-12H2,1-5H3. The number of carbonyl (C=O) groups excluding carboxylic acids is 1. The Morgan fingerprint density at radius 2 is 1.52 bits per heavy atom. The maximum atomic E-state index is 12.8. The average Bonchev–Trinajstić information content (AvgIpc) is 2.36. The van der Waals surface area contributed by atoms with Crippen molar-refractivity contribution < 1.29 is 4.79 Å². The van der Waals surface area contributed by atoms with E-state index in [-0.39, 0.29) is 16.9 Å². The number of ketones is 1. The van der Waals surface area contributed by atoms with Crippen molar-refractivity contribution >= 4 is 25.9 Å². The fourth-order valence-corrected chi connectivity index (χ4v) is 4.76. The zero-order valence-electron chi connectivity index (χ0n) is 13.7. The van der Waals surface area contributed by atoms with Gasteiger partial charge in [-0.2, -0.15) is 0 Å². The van der Waals surface area contributed by atoms with Crippen LogP contribution in [-0.2, 0) is 0 Å². The van der Waals surface area contributed by atoms with E-state index in [4.69, 9.17) is 0 Å². The molecule has 1 aromatic rings. The minimum absolute atomic E-state index is 0.00267. The first-order valence-electron chi connectivity index (χ1n) is 7.61. The molecule has 2 nitrogen and oxygen atoms in total. The minimum atomic E-state index is 0.00267. The van der Waals surface area contributed by atoms with Gasteiger partial charge in [-0.3, -0.25) is 0 Å². The van der Waals surface area contributed by atoms with Gasteiger partial charge in [-0.15, -0.1) is 0 Å². The third-order valence-corrected chi connectivity index (χ3v) is 5.27. The molecule has 2 rings (SSSR count). The summed E-state index contributed by atoms with van der Waals surface area (Å²) in [4.78, 5) is 15.1. The third-order valence-electron chi connectivity index (χ3n) is 4.50. The molecule has 114 valence electrons. The van der Waals surface area contributed by atoms with Gasteiger partial charge >= 0.3 is 136 Å². The number of hydrogen-bond acceptors (Lipinski definition) is 2. The summed E-state index contributed by atoms with van der Waals surface area (Å²) in [5.74, 6) is 0.0954. The van der Waals surface area contributed by atoms with Crippen molar-refractivity contribution in [1.29, 1.82) is 0 Å². The summed E-state index contributed by atoms with van der Waals surface area (Å²) in [6.07, 6.45) is 3.44. The molecule has 0 bridgehead atoms. The second kappa shape index (κ2) is 5.70. The Kier molecular flexibility index (Phi) is 4.46. The van der Waals surface area contributed by atoms with Crippen molar-refractivity contribution in [2.24, 2.45) is 0 Å². The molecule has 1 aliphatic heterocycles. The monoisotopic (exact) mass is 351 g/mol. The van der Waals surface area contributed by atoms with Gasteiger partial charge in [-0.1, -0.05) is 0 Å². The molecule has 0 aliphatic carbocycles. The Balaban J connectivity index is 2.32. The Morgan fingerprint density at radius 1 is 1.05 bits per heavy atom. The summed E-state index contributed by atoms with van der Waals surface area (Å²) in [5, 5.41) is 0. The Labute approximate surface area is 136 Å². The number of piperidine rings is 1. The molecule has 0 atom stereocenters. The van der Waals surface area contributed by atoms with Crippen LogP contribution in [0.1, 0.15) is 62.9 Å². The molecule has 0 spiro atoms. The van der Waals surface area contributed by atoms with Gasteiger partial charge in [0.15, 0.2) is 0 Å². The van der Waals surface area contributed by atoms with Crippen LogP contribution in [0, 0.1) is 6.92 Å². The number of carbonyl (C=O) groups is 1. The summed E-state index contributed by atoms with van der Waals surface area (Å²) in [6.45, 7) is 11.0. The van der Waals surface area contributed by atoms with Crippen LogP contribution >= 0.6 is 0 Å². The summed E-state index contributed by atoms with van der Waals surface area (Å²) >= 11 is 3.06. The van der Waals surface area contributed by atoms with Gasteiger partial charge in [0.2, 0.25) is 0 Å². The third kappa shape index (κ3) is 3.30. The molecule has 0 aromatic heterocycles. The predicted octanol–water partition coefficient (Wildman–Crippen LogP) is 3.52. The zero-order valence-corrected chi connectivity index (χ0v) is 15.4. The molecule has 21 heavy (non-hydrogen) atoms. The van der Waals surface area contributed by atoms with Crippen LogP contribution in [0.5, 0.6) is 0 Å². The van der Waals surface area contributed by atoms with Crippen molar-refractivity contribution in [1.82, 2.24) is 4.90 Å². The van der Waals surface area contributed by atoms with Crippen LogP contribution in [0.2, 0.25) is 0 Å². The van der Waals surface area contributed by atoms with E-state index in [9.17, 15) is 4.79 Å². The van der Waals surface area contributed by atoms with Crippen molar-refractivity contribution in [3.8, 4) is 0 Å². The molecule has 1 aliphatic rings. The predicted molar refractivity (Wildman–Crippen MR) is 90.1 cm³/mol. The van der Waals surface area contributed by atoms with Gasteiger partial charge in [0.25, 0.3) is 0 Å². The normalized spacial score (nSPS) is 20.1. The van der Waals surface area contributed by atoms with Crippen molar-refractivity contribution in [3.63, 3.8) is 0 Å². The van der Waals surface area contributed by atoms with E-state index in [0.29, 0.717) is 0 Å². The van der Waals surface area contributed by atoms with Crippen molar-refractivity contribution in [3.05, 3.63) is 35.4 Å². The number of benzene rings is 1. The van der Waals surface area contributed by atoms with Crippen LogP contribution in [0.4, 0.5) is 0 Å². The van der Waals surface area contributed by atoms with Gasteiger partial charge in [-0.25, -0.2) is 0 Å². The van der Waals surface area contributed by atoms with Crippen molar-refractivity contribution in [2.75, 3.05) is 0 Å². The Bertz CT molecular complexity index is 541. The molecule has 1 aromatic carbocycles. The number of likely N-dealkylation sites (tertiary alicyclic amines) is 1. The number of nitrogens with zero attached hydrogens (tertiary/aromatic N) is 1. The second-order valence-corrected chi connectivity index (χ2v) is 8.13. The fourth-order valence-electron chi connectivity index (χ4n) is 3.48. The molecular weight excluding hydrogens is 325 g/mol. The molecule has 0 unspecified atom stereocenters. The molecular formula is C18H25NOSe. The molecule has 1 heterocycles. The molecule has 0 saturated carbocycles. The molecule has 0 N–H and O–H groups in total. The summed E-state index contributed by atoms with van der Waals surface area (Å²) < 4.78 is 0.744. The second-order valence-electron chi connectivity index (χ2n) is 7.31. The van der Waals surface area contributed by atoms with Crippen LogP contribution in [-0.4, -0.2) is 41.9 Å².